The van der Waals surface area contributed by atoms with Gasteiger partial charge in [-0.2, -0.15) is 0 Å². The lowest BCUT2D eigenvalue weighted by atomic mass is 9.99. The number of carbonyl (C=O) groups excluding carboxylic acids is 6. The van der Waals surface area contributed by atoms with Crippen LogP contribution in [0.2, 0.25) is 0 Å². The fourth-order valence-corrected chi connectivity index (χ4v) is 4.83. The molecule has 1 rings (SSSR count). The summed E-state index contributed by atoms with van der Waals surface area (Å²) < 4.78 is 16.6. The van der Waals surface area contributed by atoms with Crippen molar-refractivity contribution in [3.8, 4) is 0 Å². The van der Waals surface area contributed by atoms with E-state index in [4.69, 9.17) is 19.3 Å². The smallest absolute Gasteiger partial charge is 0.329 e. The Balaban J connectivity index is 2.46. The first-order chi connectivity index (χ1) is 23.3. The van der Waals surface area contributed by atoms with E-state index in [0.29, 0.717) is 32.5 Å². The molecule has 16 heteroatoms. The number of nitrogens with zero attached hydrogens (tertiary/aromatic N) is 2. The first-order valence-electron chi connectivity index (χ1n) is 17.0. The Kier molecular flexibility index (Phi) is 18.8. The molecule has 0 saturated heterocycles. The summed E-state index contributed by atoms with van der Waals surface area (Å²) in [5, 5.41) is 17.3. The number of hydrogen-bond acceptors (Lipinski definition) is 10. The fourth-order valence-electron chi connectivity index (χ4n) is 4.83. The van der Waals surface area contributed by atoms with Crippen molar-refractivity contribution >= 4 is 41.4 Å². The van der Waals surface area contributed by atoms with Gasteiger partial charge in [-0.1, -0.05) is 0 Å². The van der Waals surface area contributed by atoms with Crippen molar-refractivity contribution in [3.63, 3.8) is 0 Å². The van der Waals surface area contributed by atoms with Crippen LogP contribution < -0.4 is 16.0 Å². The molecule has 0 aromatic heterocycles. The summed E-state index contributed by atoms with van der Waals surface area (Å²) in [4.78, 5) is 86.6. The zero-order valence-corrected chi connectivity index (χ0v) is 30.7. The van der Waals surface area contributed by atoms with Crippen molar-refractivity contribution in [1.82, 2.24) is 25.8 Å². The Morgan fingerprint density at radius 3 is 1.78 bits per heavy atom. The van der Waals surface area contributed by atoms with Crippen LogP contribution in [0.3, 0.4) is 0 Å². The third kappa shape index (κ3) is 19.3. The molecule has 4 N–H and O–H groups in total. The van der Waals surface area contributed by atoms with Crippen LogP contribution in [0.5, 0.6) is 0 Å². The molecule has 16 nitrogen and oxygen atoms in total. The Bertz CT molecular complexity index is 1200. The second-order valence-electron chi connectivity index (χ2n) is 13.9. The average Bonchev–Trinajstić information content (AvgIpc) is 3.32. The second-order valence-corrected chi connectivity index (χ2v) is 13.9. The Morgan fingerprint density at radius 1 is 0.760 bits per heavy atom. The van der Waals surface area contributed by atoms with E-state index in [1.165, 1.54) is 17.1 Å². The van der Waals surface area contributed by atoms with Gasteiger partial charge in [0.25, 0.3) is 11.8 Å². The van der Waals surface area contributed by atoms with E-state index in [0.717, 1.165) is 4.90 Å². The lowest BCUT2D eigenvalue weighted by Crippen LogP contribution is -2.46. The number of ether oxygens (including phenoxy) is 3. The number of carboxylic acid groups (broad SMARTS) is 1. The lowest BCUT2D eigenvalue weighted by molar-refractivity contribution is -0.146. The molecule has 0 bridgehead atoms. The van der Waals surface area contributed by atoms with E-state index < -0.39 is 53.6 Å². The molecule has 0 radical (unpaired) electrons. The Labute approximate surface area is 295 Å². The van der Waals surface area contributed by atoms with Crippen molar-refractivity contribution in [2.45, 2.75) is 104 Å². The van der Waals surface area contributed by atoms with E-state index in [1.807, 2.05) is 48.5 Å². The number of aliphatic carboxylic acids is 1. The summed E-state index contributed by atoms with van der Waals surface area (Å²) in [5.41, 5.74) is -1.71. The standard InChI is InChI=1S/C34H57N5O11/c1-8-49-33(4,5)14-11-25(40)35-17-20-38(30(45)23-48-24-31(46)47)21-18-36-26(41)12-15-34(6,7)50-22-16-32(2,3)37-27(42)13-19-39-28(43)9-10-29(39)44/h9-10H,8,11-24H2,1-7H3,(H,35,40)(H,36,41)(H,37,42)(H,46,47). The number of hydrogen-bond donors (Lipinski definition) is 4. The molecule has 284 valence electrons. The van der Waals surface area contributed by atoms with Gasteiger partial charge in [0, 0.05) is 82.9 Å². The van der Waals surface area contributed by atoms with E-state index >= 15 is 0 Å². The summed E-state index contributed by atoms with van der Waals surface area (Å²) in [6, 6.07) is 0. The first kappa shape index (κ1) is 44.1. The number of carboxylic acids is 1. The van der Waals surface area contributed by atoms with Crippen LogP contribution in [0.15, 0.2) is 12.2 Å². The predicted molar refractivity (Wildman–Crippen MR) is 183 cm³/mol. The quantitative estimate of drug-likeness (QED) is 0.0928. The van der Waals surface area contributed by atoms with Crippen molar-refractivity contribution in [3.05, 3.63) is 12.2 Å². The minimum atomic E-state index is -1.21. The van der Waals surface area contributed by atoms with Crippen LogP contribution in [-0.4, -0.2) is 132 Å². The minimum absolute atomic E-state index is 0.000416. The third-order valence-corrected chi connectivity index (χ3v) is 7.82. The van der Waals surface area contributed by atoms with Gasteiger partial charge in [0.2, 0.25) is 23.6 Å². The summed E-state index contributed by atoms with van der Waals surface area (Å²) in [6.45, 7) is 13.4. The van der Waals surface area contributed by atoms with Crippen molar-refractivity contribution in [1.29, 1.82) is 0 Å². The molecule has 0 unspecified atom stereocenters. The van der Waals surface area contributed by atoms with Crippen LogP contribution in [-0.2, 0) is 47.8 Å². The molecule has 1 heterocycles. The molecule has 0 aromatic carbocycles. The molecular formula is C34H57N5O11. The number of carbonyl (C=O) groups is 7. The molecule has 50 heavy (non-hydrogen) atoms. The van der Waals surface area contributed by atoms with Crippen LogP contribution in [0.25, 0.3) is 0 Å². The number of rotatable bonds is 26. The van der Waals surface area contributed by atoms with Crippen molar-refractivity contribution < 1.29 is 52.9 Å². The largest absolute Gasteiger partial charge is 0.480 e. The van der Waals surface area contributed by atoms with Gasteiger partial charge in [-0.25, -0.2) is 4.79 Å². The monoisotopic (exact) mass is 711 g/mol. The lowest BCUT2D eigenvalue weighted by Gasteiger charge is -2.30. The van der Waals surface area contributed by atoms with Gasteiger partial charge in [0.15, 0.2) is 0 Å². The highest BCUT2D eigenvalue weighted by Crippen LogP contribution is 2.19. The molecule has 0 atom stereocenters. The zero-order valence-electron chi connectivity index (χ0n) is 30.7. The van der Waals surface area contributed by atoms with E-state index in [1.54, 1.807) is 0 Å². The zero-order chi connectivity index (χ0) is 38.0. The molecule has 0 saturated carbocycles. The van der Waals surface area contributed by atoms with E-state index in [2.05, 4.69) is 16.0 Å². The van der Waals surface area contributed by atoms with Crippen molar-refractivity contribution in [2.24, 2.45) is 0 Å². The van der Waals surface area contributed by atoms with Crippen LogP contribution in [0, 0.1) is 0 Å². The molecule has 1 aliphatic rings. The van der Waals surface area contributed by atoms with Gasteiger partial charge in [0.05, 0.1) is 11.2 Å². The number of nitrogens with one attached hydrogen (secondary N) is 3. The van der Waals surface area contributed by atoms with Gasteiger partial charge in [0.1, 0.15) is 13.2 Å². The third-order valence-electron chi connectivity index (χ3n) is 7.82. The molecular weight excluding hydrogens is 654 g/mol. The summed E-state index contributed by atoms with van der Waals surface area (Å²) in [5.74, 6) is -3.29. The predicted octanol–water partition coefficient (Wildman–Crippen LogP) is 0.919. The number of imide groups is 1. The second kappa shape index (κ2) is 21.4. The number of amides is 6. The summed E-state index contributed by atoms with van der Waals surface area (Å²) >= 11 is 0. The van der Waals surface area contributed by atoms with Crippen molar-refractivity contribution in [2.75, 3.05) is 59.2 Å². The molecule has 6 amide bonds. The highest BCUT2D eigenvalue weighted by Gasteiger charge is 2.27. The highest BCUT2D eigenvalue weighted by atomic mass is 16.5. The van der Waals surface area contributed by atoms with Crippen LogP contribution in [0.4, 0.5) is 0 Å². The van der Waals surface area contributed by atoms with Crippen LogP contribution in [0.1, 0.15) is 87.0 Å². The highest BCUT2D eigenvalue weighted by molar-refractivity contribution is 6.13. The van der Waals surface area contributed by atoms with Gasteiger partial charge < -0.3 is 40.2 Å². The summed E-state index contributed by atoms with van der Waals surface area (Å²) in [6.07, 6.45) is 4.13. The average molecular weight is 712 g/mol. The Morgan fingerprint density at radius 2 is 1.28 bits per heavy atom. The molecule has 0 aliphatic carbocycles. The molecule has 0 fully saturated rings. The van der Waals surface area contributed by atoms with Gasteiger partial charge in [-0.15, -0.1) is 0 Å². The SMILES string of the molecule is CCOC(C)(C)CCC(=O)NCCN(CCNC(=O)CCC(C)(C)OCCC(C)(C)NC(=O)CCN1C(=O)C=CC1=O)C(=O)COCC(=O)O. The first-order valence-corrected chi connectivity index (χ1v) is 17.0. The topological polar surface area (TPSA) is 210 Å². The van der Waals surface area contributed by atoms with Crippen LogP contribution >= 0.6 is 0 Å². The normalized spacial score (nSPS) is 13.4. The van der Waals surface area contributed by atoms with Gasteiger partial charge >= 0.3 is 5.97 Å². The summed E-state index contributed by atoms with van der Waals surface area (Å²) in [7, 11) is 0. The Hall–Kier alpha value is -3.89. The molecule has 1 aliphatic heterocycles. The molecule has 0 aromatic rings. The maximum atomic E-state index is 12.7. The van der Waals surface area contributed by atoms with E-state index in [9.17, 15) is 33.6 Å². The van der Waals surface area contributed by atoms with Gasteiger partial charge in [-0.05, 0) is 67.7 Å². The van der Waals surface area contributed by atoms with Gasteiger partial charge in [-0.3, -0.25) is 33.7 Å². The van der Waals surface area contributed by atoms with E-state index in [-0.39, 0.29) is 69.7 Å². The molecule has 0 spiro atoms. The maximum Gasteiger partial charge on any atom is 0.329 e. The minimum Gasteiger partial charge on any atom is -0.480 e. The maximum absolute atomic E-state index is 12.7. The fraction of sp³-hybridized carbons (Fsp3) is 0.735.